The SMILES string of the molecule is CCCCO[Si](OCCCC)(C1CCCCCCC1)C1CCCCCCC1. The van der Waals surface area contributed by atoms with Crippen LogP contribution in [0, 0.1) is 0 Å². The fourth-order valence-corrected chi connectivity index (χ4v) is 10.4. The highest BCUT2D eigenvalue weighted by molar-refractivity contribution is 6.70. The molecule has 2 fully saturated rings. The Balaban J connectivity index is 2.22. The average Bonchev–Trinajstić information content (AvgIpc) is 2.61. The second-order valence-electron chi connectivity index (χ2n) is 9.21. The number of hydrogen-bond acceptors (Lipinski definition) is 2. The summed E-state index contributed by atoms with van der Waals surface area (Å²) in [5.74, 6) is 0. The fraction of sp³-hybridized carbons (Fsp3) is 1.00. The molecule has 0 aromatic carbocycles. The molecule has 2 aliphatic rings. The largest absolute Gasteiger partial charge is 0.394 e. The molecule has 160 valence electrons. The highest BCUT2D eigenvalue weighted by atomic mass is 28.4. The maximum atomic E-state index is 7.01. The van der Waals surface area contributed by atoms with Crippen molar-refractivity contribution in [2.45, 2.75) is 141 Å². The molecular formula is C24H48O2Si. The van der Waals surface area contributed by atoms with Crippen LogP contribution in [0.2, 0.25) is 11.1 Å². The van der Waals surface area contributed by atoms with E-state index in [9.17, 15) is 0 Å². The molecule has 0 bridgehead atoms. The van der Waals surface area contributed by atoms with Crippen LogP contribution in [-0.4, -0.2) is 21.8 Å². The van der Waals surface area contributed by atoms with Crippen molar-refractivity contribution in [3.8, 4) is 0 Å². The van der Waals surface area contributed by atoms with Crippen LogP contribution in [0.3, 0.4) is 0 Å². The van der Waals surface area contributed by atoms with Crippen LogP contribution < -0.4 is 0 Å². The van der Waals surface area contributed by atoms with Crippen LogP contribution in [0.25, 0.3) is 0 Å². The first kappa shape index (κ1) is 23.4. The van der Waals surface area contributed by atoms with Gasteiger partial charge in [-0.05, 0) is 38.5 Å². The van der Waals surface area contributed by atoms with Crippen LogP contribution >= 0.6 is 0 Å². The van der Waals surface area contributed by atoms with E-state index in [2.05, 4.69) is 13.8 Å². The Bertz CT molecular complexity index is 310. The van der Waals surface area contributed by atoms with Gasteiger partial charge in [0, 0.05) is 24.3 Å². The molecule has 0 aliphatic heterocycles. The van der Waals surface area contributed by atoms with Crippen molar-refractivity contribution in [1.29, 1.82) is 0 Å². The molecule has 3 heteroatoms. The van der Waals surface area contributed by atoms with Crippen molar-refractivity contribution < 1.29 is 8.85 Å². The van der Waals surface area contributed by atoms with Crippen LogP contribution in [-0.2, 0) is 8.85 Å². The molecule has 0 aromatic heterocycles. The van der Waals surface area contributed by atoms with Crippen LogP contribution in [0.1, 0.15) is 129 Å². The van der Waals surface area contributed by atoms with Crippen LogP contribution in [0.5, 0.6) is 0 Å². The van der Waals surface area contributed by atoms with Crippen LogP contribution in [0.15, 0.2) is 0 Å². The zero-order valence-electron chi connectivity index (χ0n) is 18.6. The van der Waals surface area contributed by atoms with Gasteiger partial charge in [-0.15, -0.1) is 0 Å². The van der Waals surface area contributed by atoms with Crippen molar-refractivity contribution in [2.24, 2.45) is 0 Å². The molecule has 2 aliphatic carbocycles. The van der Waals surface area contributed by atoms with Gasteiger partial charge in [0.25, 0.3) is 0 Å². The summed E-state index contributed by atoms with van der Waals surface area (Å²) in [6.07, 6.45) is 24.6. The van der Waals surface area contributed by atoms with Gasteiger partial charge < -0.3 is 8.85 Å². The molecule has 0 heterocycles. The Labute approximate surface area is 171 Å². The molecular weight excluding hydrogens is 348 g/mol. The molecule has 2 rings (SSSR count). The molecule has 0 spiro atoms. The normalized spacial score (nSPS) is 22.0. The van der Waals surface area contributed by atoms with Gasteiger partial charge in [-0.25, -0.2) is 0 Å². The van der Waals surface area contributed by atoms with Crippen molar-refractivity contribution in [1.82, 2.24) is 0 Å². The predicted octanol–water partition coefficient (Wildman–Crippen LogP) is 8.29. The van der Waals surface area contributed by atoms with Gasteiger partial charge in [-0.1, -0.05) is 90.9 Å². The lowest BCUT2D eigenvalue weighted by molar-refractivity contribution is 0.134. The number of rotatable bonds is 10. The first-order valence-corrected chi connectivity index (χ1v) is 14.6. The molecule has 27 heavy (non-hydrogen) atoms. The Hall–Kier alpha value is 0.137. The Morgan fingerprint density at radius 1 is 0.556 bits per heavy atom. The second-order valence-corrected chi connectivity index (χ2v) is 12.9. The van der Waals surface area contributed by atoms with E-state index in [-0.39, 0.29) is 0 Å². The molecule has 2 nitrogen and oxygen atoms in total. The van der Waals surface area contributed by atoms with Crippen molar-refractivity contribution in [3.63, 3.8) is 0 Å². The van der Waals surface area contributed by atoms with E-state index >= 15 is 0 Å². The lowest BCUT2D eigenvalue weighted by atomic mass is 10.00. The van der Waals surface area contributed by atoms with Gasteiger partial charge in [-0.3, -0.25) is 0 Å². The second kappa shape index (κ2) is 14.2. The zero-order chi connectivity index (χ0) is 19.2. The van der Waals surface area contributed by atoms with Crippen LogP contribution in [0.4, 0.5) is 0 Å². The molecule has 0 aromatic rings. The fourth-order valence-electron chi connectivity index (χ4n) is 5.32. The lowest BCUT2D eigenvalue weighted by Gasteiger charge is -2.44. The van der Waals surface area contributed by atoms with E-state index < -0.39 is 8.56 Å². The third-order valence-corrected chi connectivity index (χ3v) is 11.7. The average molecular weight is 397 g/mol. The number of unbranched alkanes of at least 4 members (excludes halogenated alkanes) is 2. The minimum Gasteiger partial charge on any atom is -0.394 e. The van der Waals surface area contributed by atoms with E-state index in [1.165, 1.54) is 116 Å². The minimum atomic E-state index is -2.18. The zero-order valence-corrected chi connectivity index (χ0v) is 19.6. The third-order valence-electron chi connectivity index (χ3n) is 7.00. The van der Waals surface area contributed by atoms with E-state index in [1.54, 1.807) is 0 Å². The monoisotopic (exact) mass is 396 g/mol. The molecule has 0 saturated heterocycles. The Morgan fingerprint density at radius 3 is 1.22 bits per heavy atom. The molecule has 0 unspecified atom stereocenters. The summed E-state index contributed by atoms with van der Waals surface area (Å²) in [4.78, 5) is 0. The molecule has 0 N–H and O–H groups in total. The van der Waals surface area contributed by atoms with Gasteiger partial charge in [0.05, 0.1) is 0 Å². The van der Waals surface area contributed by atoms with E-state index in [0.29, 0.717) is 0 Å². The molecule has 2 saturated carbocycles. The first-order valence-electron chi connectivity index (χ1n) is 12.6. The van der Waals surface area contributed by atoms with E-state index in [0.717, 1.165) is 24.3 Å². The topological polar surface area (TPSA) is 18.5 Å². The maximum absolute atomic E-state index is 7.01. The lowest BCUT2D eigenvalue weighted by Crippen LogP contribution is -2.52. The van der Waals surface area contributed by atoms with Gasteiger partial charge >= 0.3 is 8.56 Å². The van der Waals surface area contributed by atoms with Crippen molar-refractivity contribution >= 4 is 8.56 Å². The summed E-state index contributed by atoms with van der Waals surface area (Å²) in [5.41, 5.74) is 1.49. The summed E-state index contributed by atoms with van der Waals surface area (Å²) in [6.45, 7) is 6.47. The van der Waals surface area contributed by atoms with Crippen molar-refractivity contribution in [2.75, 3.05) is 13.2 Å². The molecule has 0 atom stereocenters. The maximum Gasteiger partial charge on any atom is 0.344 e. The summed E-state index contributed by atoms with van der Waals surface area (Å²) in [7, 11) is -2.18. The summed E-state index contributed by atoms with van der Waals surface area (Å²) in [5, 5.41) is 0. The van der Waals surface area contributed by atoms with Crippen molar-refractivity contribution in [3.05, 3.63) is 0 Å². The highest BCUT2D eigenvalue weighted by Crippen LogP contribution is 2.47. The Kier molecular flexibility index (Phi) is 12.3. The van der Waals surface area contributed by atoms with Gasteiger partial charge in [-0.2, -0.15) is 0 Å². The molecule has 0 radical (unpaired) electrons. The predicted molar refractivity (Wildman–Crippen MR) is 120 cm³/mol. The van der Waals surface area contributed by atoms with Gasteiger partial charge in [0.1, 0.15) is 0 Å². The summed E-state index contributed by atoms with van der Waals surface area (Å²) < 4.78 is 14.0. The van der Waals surface area contributed by atoms with E-state index in [4.69, 9.17) is 8.85 Å². The smallest absolute Gasteiger partial charge is 0.344 e. The summed E-state index contributed by atoms with van der Waals surface area (Å²) in [6, 6.07) is 0. The van der Waals surface area contributed by atoms with E-state index in [1.807, 2.05) is 0 Å². The molecule has 0 amide bonds. The quantitative estimate of drug-likeness (QED) is 0.273. The standard InChI is InChI=1S/C24H48O2Si/c1-3-5-21-25-27(26-22-6-4-2,23-17-13-9-7-10-14-18-23)24-19-15-11-8-12-16-20-24/h23-24H,3-22H2,1-2H3. The van der Waals surface area contributed by atoms with Gasteiger partial charge in [0.2, 0.25) is 0 Å². The first-order chi connectivity index (χ1) is 13.3. The summed E-state index contributed by atoms with van der Waals surface area (Å²) >= 11 is 0. The third kappa shape index (κ3) is 7.82. The van der Waals surface area contributed by atoms with Gasteiger partial charge in [0.15, 0.2) is 0 Å². The number of hydrogen-bond donors (Lipinski definition) is 0. The minimum absolute atomic E-state index is 0.746. The Morgan fingerprint density at radius 2 is 0.889 bits per heavy atom. The highest BCUT2D eigenvalue weighted by Gasteiger charge is 2.51.